The molecule has 0 heterocycles. The molecular formula is C15H24O. The van der Waals surface area contributed by atoms with Crippen LogP contribution < -0.4 is 0 Å². The molecule has 0 aliphatic heterocycles. The quantitative estimate of drug-likeness (QED) is 0.707. The Morgan fingerprint density at radius 3 is 2.38 bits per heavy atom. The maximum atomic E-state index is 5.57. The van der Waals surface area contributed by atoms with Gasteiger partial charge in [-0.3, -0.25) is 0 Å². The van der Waals surface area contributed by atoms with Gasteiger partial charge in [0.25, 0.3) is 0 Å². The number of hydrogen-bond acceptors (Lipinski definition) is 1. The molecule has 1 nitrogen and oxygen atoms in total. The minimum atomic E-state index is 0.332. The van der Waals surface area contributed by atoms with Gasteiger partial charge in [-0.1, -0.05) is 38.1 Å². The van der Waals surface area contributed by atoms with E-state index in [9.17, 15) is 0 Å². The molecule has 90 valence electrons. The summed E-state index contributed by atoms with van der Waals surface area (Å²) in [5.74, 6) is 0.724. The van der Waals surface area contributed by atoms with E-state index in [1.807, 2.05) is 0 Å². The summed E-state index contributed by atoms with van der Waals surface area (Å²) >= 11 is 0. The predicted octanol–water partition coefficient (Wildman–Crippen LogP) is 3.85. The van der Waals surface area contributed by atoms with E-state index >= 15 is 0 Å². The lowest BCUT2D eigenvalue weighted by Gasteiger charge is -2.09. The number of rotatable bonds is 6. The van der Waals surface area contributed by atoms with Gasteiger partial charge in [0.15, 0.2) is 0 Å². The minimum absolute atomic E-state index is 0.332. The lowest BCUT2D eigenvalue weighted by molar-refractivity contribution is 0.0813. The van der Waals surface area contributed by atoms with Crippen LogP contribution in [-0.2, 0) is 17.6 Å². The highest BCUT2D eigenvalue weighted by molar-refractivity contribution is 5.23. The second-order valence-electron chi connectivity index (χ2n) is 5.09. The molecule has 1 aromatic rings. The fourth-order valence-electron chi connectivity index (χ4n) is 1.80. The first-order valence-electron chi connectivity index (χ1n) is 6.27. The molecule has 0 saturated carbocycles. The molecule has 0 amide bonds. The topological polar surface area (TPSA) is 9.23 Å². The third-order valence-corrected chi connectivity index (χ3v) is 2.48. The van der Waals surface area contributed by atoms with Crippen LogP contribution in [0.3, 0.4) is 0 Å². The van der Waals surface area contributed by atoms with E-state index < -0.39 is 0 Å². The first-order chi connectivity index (χ1) is 7.58. The maximum absolute atomic E-state index is 5.57. The van der Waals surface area contributed by atoms with Crippen LogP contribution in [-0.4, -0.2) is 12.7 Å². The molecule has 0 N–H and O–H groups in total. The molecule has 16 heavy (non-hydrogen) atoms. The fraction of sp³-hybridized carbons (Fsp3) is 0.600. The molecule has 0 aromatic heterocycles. The van der Waals surface area contributed by atoms with Crippen molar-refractivity contribution in [1.29, 1.82) is 0 Å². The molecule has 1 aromatic carbocycles. The van der Waals surface area contributed by atoms with Crippen molar-refractivity contribution in [3.63, 3.8) is 0 Å². The second-order valence-corrected chi connectivity index (χ2v) is 5.09. The minimum Gasteiger partial charge on any atom is -0.378 e. The molecule has 0 spiro atoms. The Bertz CT molecular complexity index is 302. The Balaban J connectivity index is 2.47. The molecule has 0 radical (unpaired) electrons. The molecule has 0 unspecified atom stereocenters. The van der Waals surface area contributed by atoms with Crippen molar-refractivity contribution in [1.82, 2.24) is 0 Å². The highest BCUT2D eigenvalue weighted by Gasteiger charge is 2.00. The van der Waals surface area contributed by atoms with Crippen molar-refractivity contribution >= 4 is 0 Å². The zero-order valence-corrected chi connectivity index (χ0v) is 11.0. The van der Waals surface area contributed by atoms with E-state index in [0.29, 0.717) is 6.10 Å². The number of benzene rings is 1. The average molecular weight is 220 g/mol. The van der Waals surface area contributed by atoms with Gasteiger partial charge in [0, 0.05) is 0 Å². The third kappa shape index (κ3) is 5.32. The summed E-state index contributed by atoms with van der Waals surface area (Å²) in [4.78, 5) is 0. The van der Waals surface area contributed by atoms with E-state index in [0.717, 1.165) is 18.9 Å². The lowest BCUT2D eigenvalue weighted by Crippen LogP contribution is -2.06. The smallest absolute Gasteiger partial charge is 0.0519 e. The highest BCUT2D eigenvalue weighted by atomic mass is 16.5. The Morgan fingerprint density at radius 2 is 1.75 bits per heavy atom. The van der Waals surface area contributed by atoms with Crippen LogP contribution in [0.4, 0.5) is 0 Å². The monoisotopic (exact) mass is 220 g/mol. The number of hydrogen-bond donors (Lipinski definition) is 0. The van der Waals surface area contributed by atoms with E-state index in [1.165, 1.54) is 17.5 Å². The Kier molecular flexibility index (Phi) is 5.54. The summed E-state index contributed by atoms with van der Waals surface area (Å²) in [5.41, 5.74) is 2.83. The van der Waals surface area contributed by atoms with E-state index in [-0.39, 0.29) is 0 Å². The molecule has 0 atom stereocenters. The summed E-state index contributed by atoms with van der Waals surface area (Å²) in [5, 5.41) is 0. The highest BCUT2D eigenvalue weighted by Crippen LogP contribution is 2.11. The zero-order valence-electron chi connectivity index (χ0n) is 11.0. The van der Waals surface area contributed by atoms with Gasteiger partial charge in [-0.2, -0.15) is 0 Å². The Hall–Kier alpha value is -0.820. The SMILES string of the molecule is CC(C)Cc1cccc(CCOC(C)C)c1. The molecule has 0 bridgehead atoms. The molecule has 1 heteroatoms. The summed E-state index contributed by atoms with van der Waals surface area (Å²) in [7, 11) is 0. The van der Waals surface area contributed by atoms with Crippen LogP contribution in [0.2, 0.25) is 0 Å². The van der Waals surface area contributed by atoms with Crippen LogP contribution in [0.15, 0.2) is 24.3 Å². The van der Waals surface area contributed by atoms with Gasteiger partial charge in [-0.25, -0.2) is 0 Å². The third-order valence-electron chi connectivity index (χ3n) is 2.48. The van der Waals surface area contributed by atoms with E-state index in [2.05, 4.69) is 52.0 Å². The van der Waals surface area contributed by atoms with Crippen molar-refractivity contribution in [2.45, 2.75) is 46.6 Å². The predicted molar refractivity (Wildman–Crippen MR) is 69.8 cm³/mol. The van der Waals surface area contributed by atoms with Crippen molar-refractivity contribution in [2.24, 2.45) is 5.92 Å². The van der Waals surface area contributed by atoms with E-state index in [1.54, 1.807) is 0 Å². The van der Waals surface area contributed by atoms with Gasteiger partial charge < -0.3 is 4.74 Å². The fourth-order valence-corrected chi connectivity index (χ4v) is 1.80. The van der Waals surface area contributed by atoms with E-state index in [4.69, 9.17) is 4.74 Å². The maximum Gasteiger partial charge on any atom is 0.0519 e. The summed E-state index contributed by atoms with van der Waals surface area (Å²) in [6, 6.07) is 8.87. The van der Waals surface area contributed by atoms with Gasteiger partial charge in [0.1, 0.15) is 0 Å². The molecule has 1 rings (SSSR count). The Morgan fingerprint density at radius 1 is 1.06 bits per heavy atom. The van der Waals surface area contributed by atoms with Crippen LogP contribution >= 0.6 is 0 Å². The number of ether oxygens (including phenoxy) is 1. The van der Waals surface area contributed by atoms with Crippen molar-refractivity contribution in [3.8, 4) is 0 Å². The van der Waals surface area contributed by atoms with Crippen molar-refractivity contribution in [2.75, 3.05) is 6.61 Å². The van der Waals surface area contributed by atoms with Crippen LogP contribution in [0.1, 0.15) is 38.8 Å². The molecule has 0 fully saturated rings. The molecule has 0 aliphatic rings. The van der Waals surface area contributed by atoms with Crippen molar-refractivity contribution < 1.29 is 4.74 Å². The molecule has 0 aliphatic carbocycles. The lowest BCUT2D eigenvalue weighted by atomic mass is 10.0. The first kappa shape index (κ1) is 13.2. The van der Waals surface area contributed by atoms with Gasteiger partial charge in [0.05, 0.1) is 12.7 Å². The molecule has 0 saturated heterocycles. The Labute approximate surface area is 99.8 Å². The van der Waals surface area contributed by atoms with Crippen LogP contribution in [0, 0.1) is 5.92 Å². The van der Waals surface area contributed by atoms with Crippen LogP contribution in [0.25, 0.3) is 0 Å². The largest absolute Gasteiger partial charge is 0.378 e. The standard InChI is InChI=1S/C15H24O/c1-12(2)10-15-7-5-6-14(11-15)8-9-16-13(3)4/h5-7,11-13H,8-10H2,1-4H3. The van der Waals surface area contributed by atoms with Gasteiger partial charge in [-0.05, 0) is 43.7 Å². The summed E-state index contributed by atoms with van der Waals surface area (Å²) in [6.45, 7) is 9.50. The van der Waals surface area contributed by atoms with Gasteiger partial charge in [0.2, 0.25) is 0 Å². The average Bonchev–Trinajstić information content (AvgIpc) is 2.16. The van der Waals surface area contributed by atoms with Gasteiger partial charge >= 0.3 is 0 Å². The van der Waals surface area contributed by atoms with Crippen LogP contribution in [0.5, 0.6) is 0 Å². The molecular weight excluding hydrogens is 196 g/mol. The van der Waals surface area contributed by atoms with Gasteiger partial charge in [-0.15, -0.1) is 0 Å². The summed E-state index contributed by atoms with van der Waals surface area (Å²) < 4.78 is 5.57. The zero-order chi connectivity index (χ0) is 12.0. The summed E-state index contributed by atoms with van der Waals surface area (Å²) in [6.07, 6.45) is 2.52. The van der Waals surface area contributed by atoms with Crippen molar-refractivity contribution in [3.05, 3.63) is 35.4 Å². The first-order valence-corrected chi connectivity index (χ1v) is 6.27. The second kappa shape index (κ2) is 6.70. The normalized spacial score (nSPS) is 11.4.